The van der Waals surface area contributed by atoms with Gasteiger partial charge in [0.2, 0.25) is 0 Å². The molecule has 55 heavy (non-hydrogen) atoms. The second-order valence-electron chi connectivity index (χ2n) is 14.1. The van der Waals surface area contributed by atoms with Crippen LogP contribution < -0.4 is 4.90 Å². The predicted octanol–water partition coefficient (Wildman–Crippen LogP) is 14.6. The molecule has 11 rings (SSSR count). The summed E-state index contributed by atoms with van der Waals surface area (Å²) >= 11 is 0. The zero-order valence-corrected chi connectivity index (χ0v) is 29.9. The summed E-state index contributed by atoms with van der Waals surface area (Å²) in [6, 6.07) is 73.9. The van der Waals surface area contributed by atoms with E-state index in [1.54, 1.807) is 0 Å². The lowest BCUT2D eigenvalue weighted by Gasteiger charge is -2.26. The minimum absolute atomic E-state index is 0.861. The molecule has 0 atom stereocenters. The first-order valence-corrected chi connectivity index (χ1v) is 18.8. The molecule has 0 bridgehead atoms. The standard InChI is InChI=1S/C52H34N2O/c1-2-14-35(15-3-1)36-28-30-39(31-29-36)53(50-26-13-23-46-45-22-8-11-27-51(45)55-52(46)50)40-18-12-17-38(32-40)47-34-41(33-37-16-4-5-19-42(37)47)54-48-24-9-6-20-43(48)44-21-7-10-25-49(44)54/h1-34H. The highest BCUT2D eigenvalue weighted by Gasteiger charge is 2.21. The van der Waals surface area contributed by atoms with Gasteiger partial charge >= 0.3 is 0 Å². The Labute approximate surface area is 318 Å². The third-order valence-electron chi connectivity index (χ3n) is 11.0. The molecular formula is C52H34N2O. The van der Waals surface area contributed by atoms with Crippen molar-refractivity contribution in [2.75, 3.05) is 4.90 Å². The largest absolute Gasteiger partial charge is 0.454 e. The van der Waals surface area contributed by atoms with Gasteiger partial charge in [-0.2, -0.15) is 0 Å². The number of anilines is 3. The summed E-state index contributed by atoms with van der Waals surface area (Å²) in [5.74, 6) is 0. The normalized spacial score (nSPS) is 11.6. The highest BCUT2D eigenvalue weighted by Crippen LogP contribution is 2.44. The minimum atomic E-state index is 0.861. The highest BCUT2D eigenvalue weighted by atomic mass is 16.3. The Hall–Kier alpha value is -7.36. The molecule has 0 amide bonds. The van der Waals surface area contributed by atoms with Gasteiger partial charge in [-0.15, -0.1) is 0 Å². The van der Waals surface area contributed by atoms with Crippen LogP contribution in [0.5, 0.6) is 0 Å². The number of furan rings is 1. The number of hydrogen-bond donors (Lipinski definition) is 0. The lowest BCUT2D eigenvalue weighted by Crippen LogP contribution is -2.10. The molecule has 0 aliphatic rings. The number of para-hydroxylation sites is 4. The van der Waals surface area contributed by atoms with Crippen LogP contribution >= 0.6 is 0 Å². The van der Waals surface area contributed by atoms with Crippen LogP contribution in [0.2, 0.25) is 0 Å². The van der Waals surface area contributed by atoms with Crippen LogP contribution in [0.25, 0.3) is 82.5 Å². The van der Waals surface area contributed by atoms with Crippen LogP contribution in [0.4, 0.5) is 17.1 Å². The number of nitrogens with zero attached hydrogens (tertiary/aromatic N) is 2. The number of hydrogen-bond acceptors (Lipinski definition) is 2. The monoisotopic (exact) mass is 702 g/mol. The lowest BCUT2D eigenvalue weighted by molar-refractivity contribution is 0.669. The zero-order valence-electron chi connectivity index (χ0n) is 29.9. The SMILES string of the molecule is c1ccc(-c2ccc(N(c3cccc(-c4cc(-n5c6ccccc6c6ccccc65)cc5ccccc45)c3)c3cccc4c3oc3ccccc34)cc2)cc1. The van der Waals surface area contributed by atoms with E-state index in [0.29, 0.717) is 0 Å². The van der Waals surface area contributed by atoms with Crippen molar-refractivity contribution in [3.05, 3.63) is 206 Å². The molecular weight excluding hydrogens is 669 g/mol. The van der Waals surface area contributed by atoms with Crippen molar-refractivity contribution in [3.63, 3.8) is 0 Å². The fourth-order valence-corrected chi connectivity index (χ4v) is 8.45. The average Bonchev–Trinajstić information content (AvgIpc) is 3.81. The van der Waals surface area contributed by atoms with Crippen LogP contribution in [-0.4, -0.2) is 4.57 Å². The summed E-state index contributed by atoms with van der Waals surface area (Å²) in [4.78, 5) is 2.34. The molecule has 0 N–H and O–H groups in total. The van der Waals surface area contributed by atoms with Gasteiger partial charge in [0.25, 0.3) is 0 Å². The van der Waals surface area contributed by atoms with Crippen molar-refractivity contribution in [3.8, 4) is 27.9 Å². The summed E-state index contributed by atoms with van der Waals surface area (Å²) < 4.78 is 9.07. The first-order chi connectivity index (χ1) is 27.3. The zero-order chi connectivity index (χ0) is 36.3. The summed E-state index contributed by atoms with van der Waals surface area (Å²) in [5.41, 5.74) is 13.0. The Morgan fingerprint density at radius 2 is 0.982 bits per heavy atom. The predicted molar refractivity (Wildman–Crippen MR) is 231 cm³/mol. The van der Waals surface area contributed by atoms with E-state index in [-0.39, 0.29) is 0 Å². The van der Waals surface area contributed by atoms with Gasteiger partial charge < -0.3 is 13.9 Å². The van der Waals surface area contributed by atoms with Gasteiger partial charge in [-0.3, -0.25) is 0 Å². The van der Waals surface area contributed by atoms with Gasteiger partial charge in [0.1, 0.15) is 5.58 Å². The summed E-state index contributed by atoms with van der Waals surface area (Å²) in [7, 11) is 0. The fraction of sp³-hybridized carbons (Fsp3) is 0. The molecule has 0 aliphatic heterocycles. The van der Waals surface area contributed by atoms with Crippen molar-refractivity contribution in [2.45, 2.75) is 0 Å². The number of rotatable bonds is 6. The van der Waals surface area contributed by atoms with Crippen molar-refractivity contribution in [1.82, 2.24) is 4.57 Å². The molecule has 0 spiro atoms. The third-order valence-corrected chi connectivity index (χ3v) is 11.0. The van der Waals surface area contributed by atoms with E-state index in [9.17, 15) is 0 Å². The van der Waals surface area contributed by atoms with E-state index in [2.05, 4.69) is 204 Å². The molecule has 2 aromatic heterocycles. The molecule has 0 saturated heterocycles. The molecule has 2 heterocycles. The number of aromatic nitrogens is 1. The van der Waals surface area contributed by atoms with Crippen LogP contribution in [0.1, 0.15) is 0 Å². The number of fused-ring (bicyclic) bond motifs is 7. The first-order valence-electron chi connectivity index (χ1n) is 18.8. The van der Waals surface area contributed by atoms with Crippen molar-refractivity contribution in [1.29, 1.82) is 0 Å². The Bertz CT molecular complexity index is 3150. The second-order valence-corrected chi connectivity index (χ2v) is 14.1. The topological polar surface area (TPSA) is 21.3 Å². The van der Waals surface area contributed by atoms with Crippen molar-refractivity contribution in [2.24, 2.45) is 0 Å². The molecule has 9 aromatic carbocycles. The Morgan fingerprint density at radius 3 is 1.76 bits per heavy atom. The molecule has 11 aromatic rings. The highest BCUT2D eigenvalue weighted by molar-refractivity contribution is 6.11. The molecule has 0 fully saturated rings. The van der Waals surface area contributed by atoms with E-state index in [1.807, 2.05) is 12.1 Å². The fourth-order valence-electron chi connectivity index (χ4n) is 8.45. The molecule has 0 saturated carbocycles. The quantitative estimate of drug-likeness (QED) is 0.172. The van der Waals surface area contributed by atoms with Gasteiger partial charge in [-0.25, -0.2) is 0 Å². The summed E-state index contributed by atoms with van der Waals surface area (Å²) in [6.45, 7) is 0. The summed E-state index contributed by atoms with van der Waals surface area (Å²) in [5, 5.41) is 7.12. The molecule has 0 unspecified atom stereocenters. The van der Waals surface area contributed by atoms with E-state index in [0.717, 1.165) is 50.3 Å². The van der Waals surface area contributed by atoms with Crippen LogP contribution in [-0.2, 0) is 0 Å². The molecule has 0 aliphatic carbocycles. The van der Waals surface area contributed by atoms with Gasteiger partial charge in [0, 0.05) is 38.6 Å². The maximum absolute atomic E-state index is 6.66. The van der Waals surface area contributed by atoms with Gasteiger partial charge in [0.05, 0.1) is 16.7 Å². The van der Waals surface area contributed by atoms with Crippen LogP contribution in [0.3, 0.4) is 0 Å². The maximum Gasteiger partial charge on any atom is 0.159 e. The molecule has 3 nitrogen and oxygen atoms in total. The van der Waals surface area contributed by atoms with Gasteiger partial charge in [-0.05, 0) is 93.7 Å². The van der Waals surface area contributed by atoms with E-state index in [1.165, 1.54) is 49.3 Å². The van der Waals surface area contributed by atoms with Gasteiger partial charge in [-0.1, -0.05) is 146 Å². The average molecular weight is 703 g/mol. The minimum Gasteiger partial charge on any atom is -0.454 e. The molecule has 3 heteroatoms. The lowest BCUT2D eigenvalue weighted by atomic mass is 9.96. The van der Waals surface area contributed by atoms with E-state index < -0.39 is 0 Å². The van der Waals surface area contributed by atoms with Crippen LogP contribution in [0.15, 0.2) is 211 Å². The maximum atomic E-state index is 6.66. The van der Waals surface area contributed by atoms with E-state index in [4.69, 9.17) is 4.42 Å². The number of benzene rings is 9. The molecule has 258 valence electrons. The third kappa shape index (κ3) is 5.13. The Balaban J connectivity index is 1.12. The van der Waals surface area contributed by atoms with Crippen molar-refractivity contribution < 1.29 is 4.42 Å². The smallest absolute Gasteiger partial charge is 0.159 e. The molecule has 0 radical (unpaired) electrons. The van der Waals surface area contributed by atoms with E-state index >= 15 is 0 Å². The first kappa shape index (κ1) is 31.2. The summed E-state index contributed by atoms with van der Waals surface area (Å²) in [6.07, 6.45) is 0. The Morgan fingerprint density at radius 1 is 0.382 bits per heavy atom. The van der Waals surface area contributed by atoms with Gasteiger partial charge in [0.15, 0.2) is 5.58 Å². The van der Waals surface area contributed by atoms with Crippen molar-refractivity contribution >= 4 is 71.6 Å². The van der Waals surface area contributed by atoms with Crippen LogP contribution in [0, 0.1) is 0 Å². The second kappa shape index (κ2) is 12.6. The Kier molecular flexibility index (Phi) is 7.17.